The van der Waals surface area contributed by atoms with E-state index in [1.54, 1.807) is 10.6 Å². The molecule has 3 heterocycles. The Morgan fingerprint density at radius 1 is 1.07 bits per heavy atom. The molecule has 0 bridgehead atoms. The summed E-state index contributed by atoms with van der Waals surface area (Å²) in [7, 11) is 0. The van der Waals surface area contributed by atoms with E-state index in [2.05, 4.69) is 4.90 Å². The van der Waals surface area contributed by atoms with Crippen LogP contribution in [-0.2, 0) is 0 Å². The zero-order valence-corrected chi connectivity index (χ0v) is 16.8. The highest BCUT2D eigenvalue weighted by Crippen LogP contribution is 2.34. The van der Waals surface area contributed by atoms with Gasteiger partial charge in [-0.05, 0) is 37.5 Å². The normalized spacial score (nSPS) is 16.5. The van der Waals surface area contributed by atoms with Crippen molar-refractivity contribution in [3.8, 4) is 22.4 Å². The molecule has 0 radical (unpaired) electrons. The molecule has 4 aromatic rings. The Kier molecular flexibility index (Phi) is 4.71. The first-order chi connectivity index (χ1) is 14.7. The molecule has 0 aliphatic carbocycles. The van der Waals surface area contributed by atoms with Crippen LogP contribution in [0.15, 0.2) is 60.7 Å². The van der Waals surface area contributed by atoms with Crippen molar-refractivity contribution in [3.05, 3.63) is 72.2 Å². The highest BCUT2D eigenvalue weighted by molar-refractivity contribution is 5.83. The number of aliphatic hydroxyl groups excluding tert-OH is 1. The largest absolute Gasteiger partial charge is 0.394 e. The van der Waals surface area contributed by atoms with Gasteiger partial charge in [0, 0.05) is 23.7 Å². The van der Waals surface area contributed by atoms with Crippen LogP contribution in [0.2, 0.25) is 0 Å². The Balaban J connectivity index is 1.80. The first-order valence-corrected chi connectivity index (χ1v) is 10.2. The molecule has 1 aliphatic rings. The molecule has 1 atom stereocenters. The third-order valence-electron chi connectivity index (χ3n) is 5.82. The van der Waals surface area contributed by atoms with E-state index in [9.17, 15) is 9.50 Å². The van der Waals surface area contributed by atoms with Gasteiger partial charge in [0.1, 0.15) is 11.6 Å². The van der Waals surface area contributed by atoms with E-state index >= 15 is 0 Å². The molecule has 6 heteroatoms. The van der Waals surface area contributed by atoms with Gasteiger partial charge < -0.3 is 10.0 Å². The lowest BCUT2D eigenvalue weighted by molar-refractivity contribution is 0.266. The Labute approximate surface area is 174 Å². The van der Waals surface area contributed by atoms with Gasteiger partial charge in [-0.25, -0.2) is 13.9 Å². The lowest BCUT2D eigenvalue weighted by atomic mass is 10.1. The Hall–Kier alpha value is -3.25. The number of rotatable bonds is 4. The van der Waals surface area contributed by atoms with Crippen molar-refractivity contribution >= 4 is 11.5 Å². The Bertz CT molecular complexity index is 1200. The number of fused-ring (bicyclic) bond motifs is 1. The standard InChI is InChI=1S/C24H23FN4O/c1-16-23(17-7-3-2-4-8-17)24-26-22(28-12-6-11-20(28)15-30)14-21(29(24)27-16)18-9-5-10-19(25)13-18/h2-5,7-10,13-14,20,30H,6,11-12,15H2,1H3/t20-/m0/s1. The van der Waals surface area contributed by atoms with Crippen LogP contribution >= 0.6 is 0 Å². The fraction of sp³-hybridized carbons (Fsp3) is 0.250. The highest BCUT2D eigenvalue weighted by atomic mass is 19.1. The number of aryl methyl sites for hydroxylation is 1. The molecule has 1 aliphatic heterocycles. The molecule has 30 heavy (non-hydrogen) atoms. The average Bonchev–Trinajstić information content (AvgIpc) is 3.37. The maximum Gasteiger partial charge on any atom is 0.166 e. The van der Waals surface area contributed by atoms with Gasteiger partial charge in [0.2, 0.25) is 0 Å². The monoisotopic (exact) mass is 402 g/mol. The molecule has 1 N–H and O–H groups in total. The molecule has 0 saturated carbocycles. The van der Waals surface area contributed by atoms with Crippen molar-refractivity contribution < 1.29 is 9.50 Å². The molecule has 5 nitrogen and oxygen atoms in total. The van der Waals surface area contributed by atoms with Gasteiger partial charge in [0.25, 0.3) is 0 Å². The minimum Gasteiger partial charge on any atom is -0.394 e. The second-order valence-electron chi connectivity index (χ2n) is 7.74. The van der Waals surface area contributed by atoms with Crippen LogP contribution in [0.1, 0.15) is 18.5 Å². The van der Waals surface area contributed by atoms with Crippen LogP contribution in [-0.4, -0.2) is 38.9 Å². The number of hydrogen-bond acceptors (Lipinski definition) is 4. The number of hydrogen-bond donors (Lipinski definition) is 1. The number of benzene rings is 2. The van der Waals surface area contributed by atoms with Gasteiger partial charge in [-0.2, -0.15) is 5.10 Å². The second-order valence-corrected chi connectivity index (χ2v) is 7.74. The van der Waals surface area contributed by atoms with E-state index in [0.29, 0.717) is 0 Å². The van der Waals surface area contributed by atoms with E-state index in [4.69, 9.17) is 10.1 Å². The molecule has 152 valence electrons. The summed E-state index contributed by atoms with van der Waals surface area (Å²) in [5.74, 6) is 0.496. The van der Waals surface area contributed by atoms with E-state index in [0.717, 1.165) is 58.9 Å². The third-order valence-corrected chi connectivity index (χ3v) is 5.82. The SMILES string of the molecule is Cc1nn2c(-c3cccc(F)c3)cc(N3CCC[C@H]3CO)nc2c1-c1ccccc1. The lowest BCUT2D eigenvalue weighted by Crippen LogP contribution is -2.32. The minimum atomic E-state index is -0.291. The number of aromatic nitrogens is 3. The minimum absolute atomic E-state index is 0.0458. The third kappa shape index (κ3) is 3.13. The maximum absolute atomic E-state index is 14.0. The second kappa shape index (κ2) is 7.54. The van der Waals surface area contributed by atoms with E-state index in [-0.39, 0.29) is 18.5 Å². The van der Waals surface area contributed by atoms with Gasteiger partial charge >= 0.3 is 0 Å². The number of nitrogens with zero attached hydrogens (tertiary/aromatic N) is 4. The number of halogens is 1. The van der Waals surface area contributed by atoms with E-state index in [1.165, 1.54) is 12.1 Å². The predicted molar refractivity (Wildman–Crippen MR) is 116 cm³/mol. The molecule has 0 amide bonds. The van der Waals surface area contributed by atoms with Crippen LogP contribution in [0, 0.1) is 12.7 Å². The zero-order valence-electron chi connectivity index (χ0n) is 16.8. The summed E-state index contributed by atoms with van der Waals surface area (Å²) in [6, 6.07) is 18.6. The van der Waals surface area contributed by atoms with Crippen molar-refractivity contribution in [3.63, 3.8) is 0 Å². The Morgan fingerprint density at radius 3 is 2.63 bits per heavy atom. The first kappa shape index (κ1) is 18.8. The van der Waals surface area contributed by atoms with Gasteiger partial charge in [0.05, 0.1) is 24.0 Å². The molecule has 1 saturated heterocycles. The van der Waals surface area contributed by atoms with Crippen LogP contribution < -0.4 is 4.90 Å². The van der Waals surface area contributed by atoms with E-state index in [1.807, 2.05) is 49.4 Å². The van der Waals surface area contributed by atoms with Crippen molar-refractivity contribution in [2.45, 2.75) is 25.8 Å². The molecular weight excluding hydrogens is 379 g/mol. The molecular formula is C24H23FN4O. The summed E-state index contributed by atoms with van der Waals surface area (Å²) in [5.41, 5.74) is 5.13. The number of aliphatic hydroxyl groups is 1. The molecule has 0 unspecified atom stereocenters. The fourth-order valence-corrected chi connectivity index (χ4v) is 4.38. The summed E-state index contributed by atoms with van der Waals surface area (Å²) in [6.45, 7) is 2.90. The fourth-order valence-electron chi connectivity index (χ4n) is 4.38. The van der Waals surface area contributed by atoms with Crippen molar-refractivity contribution in [2.75, 3.05) is 18.1 Å². The average molecular weight is 402 g/mol. The van der Waals surface area contributed by atoms with Crippen LogP contribution in [0.3, 0.4) is 0 Å². The quantitative estimate of drug-likeness (QED) is 0.547. The molecule has 5 rings (SSSR count). The highest BCUT2D eigenvalue weighted by Gasteiger charge is 2.27. The zero-order chi connectivity index (χ0) is 20.7. The molecule has 0 spiro atoms. The summed E-state index contributed by atoms with van der Waals surface area (Å²) in [6.07, 6.45) is 1.94. The molecule has 2 aromatic heterocycles. The summed E-state index contributed by atoms with van der Waals surface area (Å²) < 4.78 is 15.8. The molecule has 2 aromatic carbocycles. The van der Waals surface area contributed by atoms with Crippen LogP contribution in [0.4, 0.5) is 10.2 Å². The number of anilines is 1. The Morgan fingerprint density at radius 2 is 1.87 bits per heavy atom. The van der Waals surface area contributed by atoms with Gasteiger partial charge in [0.15, 0.2) is 5.65 Å². The van der Waals surface area contributed by atoms with Crippen molar-refractivity contribution in [2.24, 2.45) is 0 Å². The van der Waals surface area contributed by atoms with Crippen molar-refractivity contribution in [1.29, 1.82) is 0 Å². The van der Waals surface area contributed by atoms with Crippen molar-refractivity contribution in [1.82, 2.24) is 14.6 Å². The van der Waals surface area contributed by atoms with Gasteiger partial charge in [-0.15, -0.1) is 0 Å². The van der Waals surface area contributed by atoms with Gasteiger partial charge in [-0.3, -0.25) is 0 Å². The maximum atomic E-state index is 14.0. The van der Waals surface area contributed by atoms with E-state index < -0.39 is 0 Å². The lowest BCUT2D eigenvalue weighted by Gasteiger charge is -2.25. The predicted octanol–water partition coefficient (Wildman–Crippen LogP) is 4.47. The summed E-state index contributed by atoms with van der Waals surface area (Å²) in [5, 5.41) is 14.6. The summed E-state index contributed by atoms with van der Waals surface area (Å²) in [4.78, 5) is 7.14. The first-order valence-electron chi connectivity index (χ1n) is 10.2. The van der Waals surface area contributed by atoms with Crippen LogP contribution in [0.5, 0.6) is 0 Å². The molecule has 1 fully saturated rings. The van der Waals surface area contributed by atoms with Crippen LogP contribution in [0.25, 0.3) is 28.0 Å². The van der Waals surface area contributed by atoms with Gasteiger partial charge in [-0.1, -0.05) is 42.5 Å². The topological polar surface area (TPSA) is 53.7 Å². The summed E-state index contributed by atoms with van der Waals surface area (Å²) >= 11 is 0. The smallest absolute Gasteiger partial charge is 0.166 e.